The Morgan fingerprint density at radius 1 is 0.952 bits per heavy atom. The monoisotopic (exact) mass is 622 g/mol. The number of benzene rings is 2. The predicted octanol–water partition coefficient (Wildman–Crippen LogP) is 5.28. The van der Waals surface area contributed by atoms with E-state index in [4.69, 9.17) is 10.2 Å². The second-order valence-corrected chi connectivity index (χ2v) is 15.1. The van der Waals surface area contributed by atoms with Gasteiger partial charge < -0.3 is 14.7 Å². The Bertz CT molecular complexity index is 1650. The average Bonchev–Trinajstić information content (AvgIpc) is 3.41. The number of anilines is 1. The molecule has 0 saturated heterocycles. The third-order valence-electron chi connectivity index (χ3n) is 6.13. The Labute approximate surface area is 244 Å². The number of hydrogen-bond donors (Lipinski definition) is 2. The first-order valence-corrected chi connectivity index (χ1v) is 15.3. The second-order valence-electron chi connectivity index (χ2n) is 10.6. The lowest BCUT2D eigenvalue weighted by Crippen LogP contribution is -2.45. The first-order valence-electron chi connectivity index (χ1n) is 12.6. The number of nitrogens with two attached hydrogens (primary N) is 1. The fraction of sp³-hybridized carbons (Fsp3) is 0.333. The van der Waals surface area contributed by atoms with Gasteiger partial charge in [0.2, 0.25) is 5.89 Å². The summed E-state index contributed by atoms with van der Waals surface area (Å²) in [6.07, 6.45) is -3.27. The topological polar surface area (TPSA) is 160 Å². The molecule has 2 atom stereocenters. The van der Waals surface area contributed by atoms with Gasteiger partial charge in [-0.1, -0.05) is 24.3 Å². The first-order chi connectivity index (χ1) is 19.5. The summed E-state index contributed by atoms with van der Waals surface area (Å²) in [5.74, 6) is -0.0780. The molecule has 2 heterocycles. The Kier molecular flexibility index (Phi) is 8.69. The number of rotatable bonds is 8. The molecule has 2 aromatic carbocycles. The lowest BCUT2D eigenvalue weighted by Gasteiger charge is -2.29. The van der Waals surface area contributed by atoms with Crippen LogP contribution in [0, 0.1) is 0 Å². The van der Waals surface area contributed by atoms with Gasteiger partial charge >= 0.3 is 6.18 Å². The minimum Gasteiger partial charge on any atom is -0.598 e. The summed E-state index contributed by atoms with van der Waals surface area (Å²) in [4.78, 5) is 8.78. The maximum absolute atomic E-state index is 13.8. The summed E-state index contributed by atoms with van der Waals surface area (Å²) < 4.78 is 85.5. The maximum Gasteiger partial charge on any atom is 0.412 e. The van der Waals surface area contributed by atoms with Crippen molar-refractivity contribution in [2.45, 2.75) is 61.7 Å². The molecular formula is C27H29F3N6O4S2. The number of aromatic nitrogens is 4. The molecule has 3 N–H and O–H groups in total. The lowest BCUT2D eigenvalue weighted by atomic mass is 10.1. The van der Waals surface area contributed by atoms with E-state index >= 15 is 0 Å². The van der Waals surface area contributed by atoms with Crippen LogP contribution < -0.4 is 10.5 Å². The zero-order valence-corrected chi connectivity index (χ0v) is 24.9. The highest BCUT2D eigenvalue weighted by Gasteiger charge is 2.45. The molecule has 0 fully saturated rings. The van der Waals surface area contributed by atoms with Gasteiger partial charge in [-0.2, -0.15) is 13.2 Å². The summed E-state index contributed by atoms with van der Waals surface area (Å²) in [6, 6.07) is 9.25. The minimum atomic E-state index is -4.69. The Hall–Kier alpha value is -3.53. The molecule has 0 amide bonds. The molecule has 0 spiro atoms. The van der Waals surface area contributed by atoms with E-state index in [0.29, 0.717) is 16.8 Å². The van der Waals surface area contributed by atoms with E-state index in [9.17, 15) is 26.1 Å². The van der Waals surface area contributed by atoms with Crippen molar-refractivity contribution >= 4 is 27.0 Å². The van der Waals surface area contributed by atoms with Crippen molar-refractivity contribution in [2.75, 3.05) is 5.73 Å². The normalized spacial score (nSPS) is 14.2. The highest BCUT2D eigenvalue weighted by atomic mass is 32.2. The molecule has 10 nitrogen and oxygen atoms in total. The van der Waals surface area contributed by atoms with Crippen molar-refractivity contribution in [3.8, 4) is 34.3 Å². The molecule has 0 saturated carbocycles. The molecule has 0 radical (unpaired) electrons. The Balaban J connectivity index is 1.59. The summed E-state index contributed by atoms with van der Waals surface area (Å²) in [5, 5.41) is 7.38. The van der Waals surface area contributed by atoms with E-state index < -0.39 is 43.4 Å². The fourth-order valence-corrected chi connectivity index (χ4v) is 5.54. The number of sulfone groups is 1. The second kappa shape index (κ2) is 11.6. The zero-order chi connectivity index (χ0) is 31.0. The molecule has 4 rings (SSSR count). The summed E-state index contributed by atoms with van der Waals surface area (Å²) in [5.41, 5.74) is 7.22. The molecule has 0 aliphatic heterocycles. The van der Waals surface area contributed by atoms with Crippen LogP contribution in [0.25, 0.3) is 34.3 Å². The van der Waals surface area contributed by atoms with E-state index in [1.54, 1.807) is 46.8 Å². The van der Waals surface area contributed by atoms with Gasteiger partial charge in [-0.3, -0.25) is 0 Å². The van der Waals surface area contributed by atoms with Crippen LogP contribution in [0.3, 0.4) is 0 Å². The minimum absolute atomic E-state index is 0.00110. The van der Waals surface area contributed by atoms with Gasteiger partial charge in [0.15, 0.2) is 27.4 Å². The van der Waals surface area contributed by atoms with Crippen LogP contribution in [-0.4, -0.2) is 49.3 Å². The van der Waals surface area contributed by atoms with E-state index in [2.05, 4.69) is 24.9 Å². The van der Waals surface area contributed by atoms with Crippen LogP contribution in [0.4, 0.5) is 19.0 Å². The summed E-state index contributed by atoms with van der Waals surface area (Å²) in [7, 11) is -3.45. The van der Waals surface area contributed by atoms with Gasteiger partial charge in [-0.05, 0) is 64.4 Å². The zero-order valence-electron chi connectivity index (χ0n) is 23.3. The predicted molar refractivity (Wildman–Crippen MR) is 153 cm³/mol. The van der Waals surface area contributed by atoms with E-state index in [0.717, 1.165) is 0 Å². The Morgan fingerprint density at radius 3 is 2.07 bits per heavy atom. The molecule has 0 aliphatic carbocycles. The van der Waals surface area contributed by atoms with Gasteiger partial charge in [-0.25, -0.2) is 18.4 Å². The van der Waals surface area contributed by atoms with Gasteiger partial charge in [0.05, 0.1) is 22.0 Å². The van der Waals surface area contributed by atoms with Crippen LogP contribution in [0.2, 0.25) is 0 Å². The summed E-state index contributed by atoms with van der Waals surface area (Å²) in [6.45, 7) is 7.91. The van der Waals surface area contributed by atoms with Crippen molar-refractivity contribution in [2.24, 2.45) is 0 Å². The molecule has 224 valence electrons. The SMILES string of the molecule is CC(C)S(=O)(=O)c1ccc(-c2cnc(N)c(-c3nnc(-c4ccc([C@H](N[S+]([O-])C(C)(C)C)C(F)(F)F)cc4)o3)n2)cc1. The van der Waals surface area contributed by atoms with Crippen molar-refractivity contribution in [1.29, 1.82) is 0 Å². The Morgan fingerprint density at radius 2 is 1.52 bits per heavy atom. The van der Waals surface area contributed by atoms with Crippen LogP contribution >= 0.6 is 0 Å². The highest BCUT2D eigenvalue weighted by molar-refractivity contribution is 7.92. The third kappa shape index (κ3) is 6.75. The van der Waals surface area contributed by atoms with Crippen molar-refractivity contribution in [3.63, 3.8) is 0 Å². The number of halogens is 3. The first kappa shape index (κ1) is 31.4. The van der Waals surface area contributed by atoms with E-state index in [-0.39, 0.29) is 33.8 Å². The molecule has 0 aliphatic rings. The molecule has 1 unspecified atom stereocenters. The lowest BCUT2D eigenvalue weighted by molar-refractivity contribution is -0.153. The van der Waals surface area contributed by atoms with Crippen LogP contribution in [0.5, 0.6) is 0 Å². The van der Waals surface area contributed by atoms with Gasteiger partial charge in [0, 0.05) is 22.5 Å². The van der Waals surface area contributed by atoms with Gasteiger partial charge in [0.1, 0.15) is 4.75 Å². The average molecular weight is 623 g/mol. The molecule has 0 bridgehead atoms. The quantitative estimate of drug-likeness (QED) is 0.248. The highest BCUT2D eigenvalue weighted by Crippen LogP contribution is 2.36. The third-order valence-corrected chi connectivity index (χ3v) is 9.86. The van der Waals surface area contributed by atoms with Crippen molar-refractivity contribution in [3.05, 3.63) is 60.3 Å². The molecule has 2 aromatic heterocycles. The van der Waals surface area contributed by atoms with Crippen LogP contribution in [0.1, 0.15) is 46.2 Å². The number of nitrogen functional groups attached to an aromatic ring is 1. The van der Waals surface area contributed by atoms with Crippen molar-refractivity contribution < 1.29 is 30.6 Å². The molecule has 15 heteroatoms. The fourth-order valence-electron chi connectivity index (χ4n) is 3.64. The molecule has 4 aromatic rings. The molecule has 42 heavy (non-hydrogen) atoms. The largest absolute Gasteiger partial charge is 0.598 e. The van der Waals surface area contributed by atoms with Crippen LogP contribution in [-0.2, 0) is 21.2 Å². The number of hydrogen-bond acceptors (Lipinski definition) is 10. The number of nitrogens with zero attached hydrogens (tertiary/aromatic N) is 4. The summed E-state index contributed by atoms with van der Waals surface area (Å²) >= 11 is -1.96. The van der Waals surface area contributed by atoms with E-state index in [1.165, 1.54) is 42.6 Å². The maximum atomic E-state index is 13.8. The smallest absolute Gasteiger partial charge is 0.412 e. The van der Waals surface area contributed by atoms with E-state index in [1.807, 2.05) is 0 Å². The number of alkyl halides is 3. The van der Waals surface area contributed by atoms with Crippen molar-refractivity contribution in [1.82, 2.24) is 24.9 Å². The van der Waals surface area contributed by atoms with Crippen LogP contribution in [0.15, 0.2) is 64.0 Å². The van der Waals surface area contributed by atoms with Gasteiger partial charge in [-0.15, -0.1) is 14.9 Å². The standard InChI is InChI=1S/C27H29F3N6O4S2/c1-15(2)42(38,39)19-12-10-16(11-13-19)20-14-32-23(31)21(33-20)25-35-34-24(40-25)18-8-6-17(7-9-18)22(27(28,29)30)36-41(37)26(3,4)5/h6-15,22,36H,1-5H3,(H2,31,32)/t22-,41?/m0/s1. The molecular weight excluding hydrogens is 593 g/mol. The number of nitrogens with one attached hydrogen (secondary N) is 1. The van der Waals surface area contributed by atoms with Gasteiger partial charge in [0.25, 0.3) is 5.89 Å².